The molecular formula is C24H26N2O4S. The maximum absolute atomic E-state index is 12.5. The van der Waals surface area contributed by atoms with Crippen LogP contribution in [0.5, 0.6) is 5.75 Å². The largest absolute Gasteiger partial charge is 0.483 e. The smallest absolute Gasteiger partial charge is 0.262 e. The summed E-state index contributed by atoms with van der Waals surface area (Å²) in [5.41, 5.74) is 3.05. The summed E-state index contributed by atoms with van der Waals surface area (Å²) in [5, 5.41) is 2.72. The number of carbonyl (C=O) groups excluding carboxylic acids is 1. The van der Waals surface area contributed by atoms with Gasteiger partial charge in [0.05, 0.1) is 4.90 Å². The van der Waals surface area contributed by atoms with E-state index in [1.54, 1.807) is 24.3 Å². The molecule has 3 aromatic carbocycles. The summed E-state index contributed by atoms with van der Waals surface area (Å²) in [6.07, 6.45) is 0. The van der Waals surface area contributed by atoms with Gasteiger partial charge in [0.15, 0.2) is 6.61 Å². The number of sulfonamides is 1. The van der Waals surface area contributed by atoms with Gasteiger partial charge in [0, 0.05) is 11.4 Å². The zero-order valence-electron chi connectivity index (χ0n) is 17.8. The van der Waals surface area contributed by atoms with Crippen LogP contribution < -0.4 is 14.8 Å². The molecule has 0 unspecified atom stereocenters. The molecule has 0 fully saturated rings. The molecule has 3 rings (SSSR count). The number of rotatable bonds is 8. The van der Waals surface area contributed by atoms with Crippen molar-refractivity contribution < 1.29 is 17.9 Å². The average Bonchev–Trinajstić information content (AvgIpc) is 2.74. The third-order valence-electron chi connectivity index (χ3n) is 4.65. The standard InChI is InChI=1S/C24H26N2O4S/c1-17(2)22-6-4-5-7-23(22)30-16-24(27)25-19-12-14-21(15-13-19)31(28,29)26-20-10-8-18(3)9-11-20/h4-15,17,26H,16H2,1-3H3,(H,25,27). The molecule has 31 heavy (non-hydrogen) atoms. The first-order chi connectivity index (χ1) is 14.7. The first kappa shape index (κ1) is 22.4. The highest BCUT2D eigenvalue weighted by Gasteiger charge is 2.15. The number of para-hydroxylation sites is 1. The summed E-state index contributed by atoms with van der Waals surface area (Å²) in [6.45, 7) is 5.91. The van der Waals surface area contributed by atoms with Crippen molar-refractivity contribution in [2.45, 2.75) is 31.6 Å². The number of aryl methyl sites for hydroxylation is 1. The van der Waals surface area contributed by atoms with Crippen LogP contribution >= 0.6 is 0 Å². The van der Waals surface area contributed by atoms with Gasteiger partial charge in [0.1, 0.15) is 5.75 Å². The molecule has 0 saturated heterocycles. The summed E-state index contributed by atoms with van der Waals surface area (Å²) in [7, 11) is -3.72. The third-order valence-corrected chi connectivity index (χ3v) is 6.05. The van der Waals surface area contributed by atoms with E-state index in [1.807, 2.05) is 43.3 Å². The van der Waals surface area contributed by atoms with Gasteiger partial charge in [0.25, 0.3) is 15.9 Å². The second-order valence-corrected chi connectivity index (χ2v) is 9.21. The second-order valence-electron chi connectivity index (χ2n) is 7.53. The van der Waals surface area contributed by atoms with Gasteiger partial charge in [-0.2, -0.15) is 0 Å². The number of anilines is 2. The van der Waals surface area contributed by atoms with Crippen LogP contribution in [0.1, 0.15) is 30.9 Å². The molecule has 0 aliphatic heterocycles. The molecule has 0 bridgehead atoms. The predicted molar refractivity (Wildman–Crippen MR) is 123 cm³/mol. The SMILES string of the molecule is Cc1ccc(NS(=O)(=O)c2ccc(NC(=O)COc3ccccc3C(C)C)cc2)cc1. The summed E-state index contributed by atoms with van der Waals surface area (Å²) in [6, 6.07) is 20.7. The molecule has 0 aliphatic rings. The molecule has 0 radical (unpaired) electrons. The van der Waals surface area contributed by atoms with Gasteiger partial charge in [0.2, 0.25) is 0 Å². The highest BCUT2D eigenvalue weighted by molar-refractivity contribution is 7.92. The zero-order chi connectivity index (χ0) is 22.4. The number of benzene rings is 3. The Morgan fingerprint density at radius 3 is 2.16 bits per heavy atom. The van der Waals surface area contributed by atoms with E-state index in [0.29, 0.717) is 17.1 Å². The van der Waals surface area contributed by atoms with Crippen molar-refractivity contribution in [2.24, 2.45) is 0 Å². The molecule has 6 nitrogen and oxygen atoms in total. The normalized spacial score (nSPS) is 11.2. The minimum absolute atomic E-state index is 0.105. The Labute approximate surface area is 183 Å². The minimum atomic E-state index is -3.72. The van der Waals surface area contributed by atoms with E-state index in [4.69, 9.17) is 4.74 Å². The Morgan fingerprint density at radius 1 is 0.903 bits per heavy atom. The molecule has 0 saturated carbocycles. The molecule has 0 atom stereocenters. The number of carbonyl (C=O) groups is 1. The van der Waals surface area contributed by atoms with Crippen molar-refractivity contribution in [2.75, 3.05) is 16.6 Å². The lowest BCUT2D eigenvalue weighted by Crippen LogP contribution is -2.20. The molecule has 7 heteroatoms. The Kier molecular flexibility index (Phi) is 6.97. The second kappa shape index (κ2) is 9.66. The maximum Gasteiger partial charge on any atom is 0.262 e. The summed E-state index contributed by atoms with van der Waals surface area (Å²) < 4.78 is 33.3. The first-order valence-electron chi connectivity index (χ1n) is 9.96. The fourth-order valence-electron chi connectivity index (χ4n) is 2.98. The van der Waals surface area contributed by atoms with Crippen LogP contribution in [0.15, 0.2) is 77.7 Å². The van der Waals surface area contributed by atoms with Gasteiger partial charge in [-0.1, -0.05) is 49.7 Å². The van der Waals surface area contributed by atoms with E-state index < -0.39 is 10.0 Å². The molecule has 162 valence electrons. The number of hydrogen-bond donors (Lipinski definition) is 2. The first-order valence-corrected chi connectivity index (χ1v) is 11.4. The van der Waals surface area contributed by atoms with Crippen LogP contribution in [0.3, 0.4) is 0 Å². The van der Waals surface area contributed by atoms with Crippen LogP contribution in [-0.2, 0) is 14.8 Å². The van der Waals surface area contributed by atoms with E-state index in [1.165, 1.54) is 12.1 Å². The van der Waals surface area contributed by atoms with Crippen LogP contribution in [0.2, 0.25) is 0 Å². The summed E-state index contributed by atoms with van der Waals surface area (Å²) in [4.78, 5) is 12.4. The van der Waals surface area contributed by atoms with E-state index in [-0.39, 0.29) is 23.3 Å². The van der Waals surface area contributed by atoms with Crippen molar-refractivity contribution in [1.82, 2.24) is 0 Å². The lowest BCUT2D eigenvalue weighted by Gasteiger charge is -2.14. The summed E-state index contributed by atoms with van der Waals surface area (Å²) in [5.74, 6) is 0.630. The molecule has 0 aromatic heterocycles. The monoisotopic (exact) mass is 438 g/mol. The van der Waals surface area contributed by atoms with Gasteiger partial charge >= 0.3 is 0 Å². The quantitative estimate of drug-likeness (QED) is 0.522. The maximum atomic E-state index is 12.5. The topological polar surface area (TPSA) is 84.5 Å². The van der Waals surface area contributed by atoms with Crippen molar-refractivity contribution >= 4 is 27.3 Å². The van der Waals surface area contributed by atoms with Crippen LogP contribution in [0.4, 0.5) is 11.4 Å². The molecule has 0 spiro atoms. The fourth-order valence-corrected chi connectivity index (χ4v) is 4.04. The Bertz CT molecular complexity index is 1140. The molecule has 1 amide bonds. The van der Waals surface area contributed by atoms with Gasteiger partial charge in [-0.15, -0.1) is 0 Å². The van der Waals surface area contributed by atoms with E-state index in [2.05, 4.69) is 23.9 Å². The van der Waals surface area contributed by atoms with Gasteiger partial charge in [-0.3, -0.25) is 9.52 Å². The number of ether oxygens (including phenoxy) is 1. The molecule has 2 N–H and O–H groups in total. The van der Waals surface area contributed by atoms with Crippen LogP contribution in [-0.4, -0.2) is 20.9 Å². The highest BCUT2D eigenvalue weighted by atomic mass is 32.2. The van der Waals surface area contributed by atoms with E-state index >= 15 is 0 Å². The van der Waals surface area contributed by atoms with E-state index in [9.17, 15) is 13.2 Å². The number of nitrogens with one attached hydrogen (secondary N) is 2. The van der Waals surface area contributed by atoms with Crippen molar-refractivity contribution in [1.29, 1.82) is 0 Å². The molecule has 3 aromatic rings. The fraction of sp³-hybridized carbons (Fsp3) is 0.208. The average molecular weight is 439 g/mol. The van der Waals surface area contributed by atoms with Crippen molar-refractivity contribution in [3.05, 3.63) is 83.9 Å². The van der Waals surface area contributed by atoms with Gasteiger partial charge in [-0.05, 0) is 60.9 Å². The van der Waals surface area contributed by atoms with Gasteiger partial charge in [-0.25, -0.2) is 8.42 Å². The van der Waals surface area contributed by atoms with Crippen LogP contribution in [0.25, 0.3) is 0 Å². The summed E-state index contributed by atoms with van der Waals surface area (Å²) >= 11 is 0. The number of hydrogen-bond acceptors (Lipinski definition) is 4. The highest BCUT2D eigenvalue weighted by Crippen LogP contribution is 2.26. The molecule has 0 aliphatic carbocycles. The van der Waals surface area contributed by atoms with Crippen molar-refractivity contribution in [3.63, 3.8) is 0 Å². The Hall–Kier alpha value is -3.32. The third kappa shape index (κ3) is 6.08. The minimum Gasteiger partial charge on any atom is -0.483 e. The van der Waals surface area contributed by atoms with E-state index in [0.717, 1.165) is 11.1 Å². The lowest BCUT2D eigenvalue weighted by molar-refractivity contribution is -0.118. The van der Waals surface area contributed by atoms with Gasteiger partial charge < -0.3 is 10.1 Å². The van der Waals surface area contributed by atoms with Crippen molar-refractivity contribution in [3.8, 4) is 5.75 Å². The lowest BCUT2D eigenvalue weighted by atomic mass is 10.0. The molecule has 0 heterocycles. The Balaban J connectivity index is 1.60. The Morgan fingerprint density at radius 2 is 1.52 bits per heavy atom. The van der Waals surface area contributed by atoms with Crippen LogP contribution in [0, 0.1) is 6.92 Å². The molecular weight excluding hydrogens is 412 g/mol. The number of amides is 1. The zero-order valence-corrected chi connectivity index (χ0v) is 18.6. The predicted octanol–water partition coefficient (Wildman–Crippen LogP) is 4.94.